The van der Waals surface area contributed by atoms with Crippen LogP contribution in [-0.4, -0.2) is 22.9 Å². The molecule has 4 unspecified atom stereocenters. The average molecular weight is 302 g/mol. The van der Waals surface area contributed by atoms with E-state index in [1.54, 1.807) is 13.8 Å². The average Bonchev–Trinajstić information content (AvgIpc) is 2.42. The first-order valence-corrected chi connectivity index (χ1v) is 9.02. The van der Waals surface area contributed by atoms with Crippen LogP contribution in [0, 0.1) is 35.5 Å². The number of hydrogen-bond acceptors (Lipinski definition) is 2. The van der Waals surface area contributed by atoms with Gasteiger partial charge in [-0.1, -0.05) is 0 Å². The van der Waals surface area contributed by atoms with Crippen LogP contribution in [0.1, 0.15) is 52.4 Å². The standard InChI is InChI=1S/C18H26N2O2/c1-9(21)19-17-7-11-5-15-13(17)3-12-4-14(17)16(6-11)18(15,8-12)20-10(2)22/h11-16H,3-8H2,1-2H3,(H,19,21)(H,20,22)/t11?,12?,13-,14+,15-,16+,17?,18?. The van der Waals surface area contributed by atoms with Crippen molar-refractivity contribution in [1.29, 1.82) is 0 Å². The lowest BCUT2D eigenvalue weighted by atomic mass is 9.31. The third-order valence-corrected chi connectivity index (χ3v) is 8.04. The maximum atomic E-state index is 11.9. The molecule has 2 amide bonds. The van der Waals surface area contributed by atoms with Gasteiger partial charge in [-0.25, -0.2) is 0 Å². The number of carbonyl (C=O) groups is 2. The Bertz CT molecular complexity index is 497. The fourth-order valence-electron chi connectivity index (χ4n) is 8.14. The Morgan fingerprint density at radius 2 is 1.05 bits per heavy atom. The second-order valence-corrected chi connectivity index (χ2v) is 8.95. The highest BCUT2D eigenvalue weighted by atomic mass is 16.2. The highest BCUT2D eigenvalue weighted by Gasteiger charge is 2.75. The fraction of sp³-hybridized carbons (Fsp3) is 0.889. The molecule has 0 aromatic carbocycles. The lowest BCUT2D eigenvalue weighted by molar-refractivity contribution is -0.244. The van der Waals surface area contributed by atoms with Gasteiger partial charge in [0.15, 0.2) is 0 Å². The summed E-state index contributed by atoms with van der Waals surface area (Å²) in [6, 6.07) is 0. The van der Waals surface area contributed by atoms with Crippen molar-refractivity contribution in [2.24, 2.45) is 35.5 Å². The summed E-state index contributed by atoms with van der Waals surface area (Å²) in [5.74, 6) is 4.16. The highest BCUT2D eigenvalue weighted by Crippen LogP contribution is 2.73. The number of amides is 2. The maximum absolute atomic E-state index is 11.9. The van der Waals surface area contributed by atoms with E-state index >= 15 is 0 Å². The summed E-state index contributed by atoms with van der Waals surface area (Å²) in [5, 5.41) is 6.90. The van der Waals surface area contributed by atoms with Gasteiger partial charge in [0.1, 0.15) is 0 Å². The van der Waals surface area contributed by atoms with Crippen LogP contribution < -0.4 is 10.6 Å². The van der Waals surface area contributed by atoms with Crippen LogP contribution in [0.15, 0.2) is 0 Å². The molecule has 0 spiro atoms. The molecule has 7 fully saturated rings. The van der Waals surface area contributed by atoms with Crippen molar-refractivity contribution in [3.63, 3.8) is 0 Å². The van der Waals surface area contributed by atoms with Crippen molar-refractivity contribution in [1.82, 2.24) is 10.6 Å². The zero-order valence-corrected chi connectivity index (χ0v) is 13.5. The van der Waals surface area contributed by atoms with Crippen LogP contribution in [0.3, 0.4) is 0 Å². The molecule has 7 saturated carbocycles. The van der Waals surface area contributed by atoms with E-state index in [4.69, 9.17) is 0 Å². The molecule has 0 heterocycles. The second-order valence-electron chi connectivity index (χ2n) is 8.95. The summed E-state index contributed by atoms with van der Waals surface area (Å²) in [6.45, 7) is 3.36. The largest absolute Gasteiger partial charge is 0.350 e. The van der Waals surface area contributed by atoms with Crippen molar-refractivity contribution >= 4 is 11.8 Å². The van der Waals surface area contributed by atoms with Gasteiger partial charge >= 0.3 is 0 Å². The van der Waals surface area contributed by atoms with E-state index in [0.717, 1.165) is 11.8 Å². The van der Waals surface area contributed by atoms with Crippen LogP contribution in [0.5, 0.6) is 0 Å². The van der Waals surface area contributed by atoms with Crippen LogP contribution in [0.2, 0.25) is 0 Å². The van der Waals surface area contributed by atoms with Crippen molar-refractivity contribution in [3.8, 4) is 0 Å². The normalized spacial score (nSPS) is 56.3. The number of carbonyl (C=O) groups excluding carboxylic acids is 2. The summed E-state index contributed by atoms with van der Waals surface area (Å²) in [7, 11) is 0. The Kier molecular flexibility index (Phi) is 2.36. The molecule has 0 aliphatic heterocycles. The van der Waals surface area contributed by atoms with Gasteiger partial charge in [-0.2, -0.15) is 0 Å². The Balaban J connectivity index is 1.64. The van der Waals surface area contributed by atoms with E-state index in [1.807, 2.05) is 0 Å². The molecule has 120 valence electrons. The van der Waals surface area contributed by atoms with E-state index in [0.29, 0.717) is 23.7 Å². The molecule has 4 nitrogen and oxygen atoms in total. The lowest BCUT2D eigenvalue weighted by Crippen LogP contribution is -2.84. The molecule has 7 rings (SSSR count). The number of nitrogens with one attached hydrogen (secondary N) is 2. The molecule has 8 atom stereocenters. The predicted octanol–water partition coefficient (Wildman–Crippen LogP) is 1.84. The molecule has 7 aliphatic carbocycles. The Morgan fingerprint density at radius 3 is 1.32 bits per heavy atom. The minimum Gasteiger partial charge on any atom is -0.350 e. The zero-order valence-electron chi connectivity index (χ0n) is 13.5. The zero-order chi connectivity index (χ0) is 15.3. The SMILES string of the molecule is CC(=O)NC12CC3C[C@@H]4[C@H]1CC1C[C@H]2[C@H](C3)C4(NC(C)=O)C1. The van der Waals surface area contributed by atoms with Crippen molar-refractivity contribution in [2.45, 2.75) is 63.5 Å². The molecule has 4 heteroatoms. The Morgan fingerprint density at radius 1 is 0.727 bits per heavy atom. The maximum Gasteiger partial charge on any atom is 0.217 e. The van der Waals surface area contributed by atoms with Gasteiger partial charge < -0.3 is 10.6 Å². The first-order valence-electron chi connectivity index (χ1n) is 9.02. The molecule has 0 aromatic rings. The first-order chi connectivity index (χ1) is 10.4. The van der Waals surface area contributed by atoms with E-state index in [1.165, 1.54) is 38.5 Å². The van der Waals surface area contributed by atoms with Gasteiger partial charge in [0.2, 0.25) is 11.8 Å². The summed E-state index contributed by atoms with van der Waals surface area (Å²) in [6.07, 6.45) is 7.45. The van der Waals surface area contributed by atoms with Gasteiger partial charge in [-0.15, -0.1) is 0 Å². The highest BCUT2D eigenvalue weighted by molar-refractivity contribution is 5.75. The molecule has 7 aliphatic rings. The summed E-state index contributed by atoms with van der Waals surface area (Å²) in [4.78, 5) is 23.9. The van der Waals surface area contributed by atoms with E-state index in [-0.39, 0.29) is 22.9 Å². The molecule has 2 N–H and O–H groups in total. The van der Waals surface area contributed by atoms with Gasteiger partial charge in [0.05, 0.1) is 0 Å². The van der Waals surface area contributed by atoms with Crippen molar-refractivity contribution < 1.29 is 9.59 Å². The van der Waals surface area contributed by atoms with Gasteiger partial charge in [-0.3, -0.25) is 9.59 Å². The lowest BCUT2D eigenvalue weighted by Gasteiger charge is -2.78. The molecule has 22 heavy (non-hydrogen) atoms. The second kappa shape index (κ2) is 3.88. The minimum atomic E-state index is 0.0568. The topological polar surface area (TPSA) is 58.2 Å². The van der Waals surface area contributed by atoms with Crippen LogP contribution in [-0.2, 0) is 9.59 Å². The van der Waals surface area contributed by atoms with Crippen LogP contribution >= 0.6 is 0 Å². The van der Waals surface area contributed by atoms with E-state index in [9.17, 15) is 9.59 Å². The number of hydrogen-bond donors (Lipinski definition) is 2. The minimum absolute atomic E-state index is 0.0568. The molecule has 8 bridgehead atoms. The van der Waals surface area contributed by atoms with E-state index < -0.39 is 0 Å². The van der Waals surface area contributed by atoms with Crippen LogP contribution in [0.4, 0.5) is 0 Å². The smallest absolute Gasteiger partial charge is 0.217 e. The molecular formula is C18H26N2O2. The fourth-order valence-corrected chi connectivity index (χ4v) is 8.14. The summed E-state index contributed by atoms with van der Waals surface area (Å²) in [5.41, 5.74) is 0.114. The Hall–Kier alpha value is -1.06. The van der Waals surface area contributed by atoms with Crippen molar-refractivity contribution in [2.75, 3.05) is 0 Å². The third kappa shape index (κ3) is 1.36. The predicted molar refractivity (Wildman–Crippen MR) is 81.7 cm³/mol. The number of rotatable bonds is 2. The van der Waals surface area contributed by atoms with Gasteiger partial charge in [-0.05, 0) is 74.0 Å². The first kappa shape index (κ1) is 13.4. The molecular weight excluding hydrogens is 276 g/mol. The molecule has 0 saturated heterocycles. The van der Waals surface area contributed by atoms with Gasteiger partial charge in [0.25, 0.3) is 0 Å². The summed E-state index contributed by atoms with van der Waals surface area (Å²) >= 11 is 0. The van der Waals surface area contributed by atoms with Gasteiger partial charge in [0, 0.05) is 24.9 Å². The molecule has 0 aromatic heterocycles. The molecule has 0 radical (unpaired) electrons. The van der Waals surface area contributed by atoms with Crippen LogP contribution in [0.25, 0.3) is 0 Å². The monoisotopic (exact) mass is 302 g/mol. The van der Waals surface area contributed by atoms with Crippen molar-refractivity contribution in [3.05, 3.63) is 0 Å². The quantitative estimate of drug-likeness (QED) is 0.818. The Labute approximate surface area is 131 Å². The third-order valence-electron chi connectivity index (χ3n) is 8.04. The summed E-state index contributed by atoms with van der Waals surface area (Å²) < 4.78 is 0. The van der Waals surface area contributed by atoms with E-state index in [2.05, 4.69) is 10.6 Å².